The van der Waals surface area contributed by atoms with Crippen LogP contribution < -0.4 is 4.98 Å². The normalized spacial score (nSPS) is 16.2. The molecule has 1 atom stereocenters. The van der Waals surface area contributed by atoms with E-state index in [1.165, 1.54) is 0 Å². The van der Waals surface area contributed by atoms with Gasteiger partial charge in [0.2, 0.25) is 0 Å². The number of hydrogen-bond acceptors (Lipinski definition) is 3. The number of nitrogens with one attached hydrogen (secondary N) is 1. The monoisotopic (exact) mass is 277 g/mol. The summed E-state index contributed by atoms with van der Waals surface area (Å²) in [6.07, 6.45) is 1.42. The summed E-state index contributed by atoms with van der Waals surface area (Å²) in [5, 5.41) is 0. The van der Waals surface area contributed by atoms with Crippen molar-refractivity contribution in [2.45, 2.75) is 65.5 Å². The Hall–Kier alpha value is 0.314. The zero-order chi connectivity index (χ0) is 13.5. The molecule has 1 N–H and O–H groups in total. The molecule has 5 heteroatoms. The van der Waals surface area contributed by atoms with Crippen molar-refractivity contribution in [2.75, 3.05) is 13.2 Å². The van der Waals surface area contributed by atoms with Crippen LogP contribution in [0.5, 0.6) is 0 Å². The lowest BCUT2D eigenvalue weighted by Gasteiger charge is -2.29. The van der Waals surface area contributed by atoms with Crippen LogP contribution in [-0.4, -0.2) is 36.1 Å². The van der Waals surface area contributed by atoms with E-state index in [1.54, 1.807) is 0 Å². The molecule has 0 aromatic heterocycles. The molecule has 0 heterocycles. The molecule has 0 aromatic carbocycles. The van der Waals surface area contributed by atoms with E-state index in [1.807, 2.05) is 0 Å². The fourth-order valence-electron chi connectivity index (χ4n) is 1.84. The van der Waals surface area contributed by atoms with Gasteiger partial charge in [-0.1, -0.05) is 19.6 Å². The lowest BCUT2D eigenvalue weighted by Crippen LogP contribution is -2.44. The van der Waals surface area contributed by atoms with Gasteiger partial charge in [-0.25, -0.2) is 0 Å². The number of hydrogen-bond donors (Lipinski definition) is 1. The van der Waals surface area contributed by atoms with Crippen molar-refractivity contribution in [3.8, 4) is 0 Å². The van der Waals surface area contributed by atoms with Crippen LogP contribution in [-0.2, 0) is 8.85 Å². The van der Waals surface area contributed by atoms with Crippen molar-refractivity contribution in [2.24, 2.45) is 0 Å². The first-order chi connectivity index (χ1) is 7.68. The van der Waals surface area contributed by atoms with Crippen molar-refractivity contribution < 1.29 is 8.85 Å². The molecule has 0 amide bonds. The Kier molecular flexibility index (Phi) is 7.83. The van der Waals surface area contributed by atoms with Gasteiger partial charge in [-0.2, -0.15) is 0 Å². The van der Waals surface area contributed by atoms with Crippen LogP contribution in [0.2, 0.25) is 32.2 Å². The molecular weight excluding hydrogens is 246 g/mol. The third kappa shape index (κ3) is 9.97. The zero-order valence-electron chi connectivity index (χ0n) is 12.7. The molecule has 0 spiro atoms. The summed E-state index contributed by atoms with van der Waals surface area (Å²) in [6, 6.07) is 1.08. The molecule has 0 aliphatic carbocycles. The topological polar surface area (TPSA) is 30.5 Å². The first-order valence-electron chi connectivity index (χ1n) is 6.75. The van der Waals surface area contributed by atoms with Crippen LogP contribution in [0.25, 0.3) is 0 Å². The highest BCUT2D eigenvalue weighted by molar-refractivity contribution is 6.73. The summed E-state index contributed by atoms with van der Waals surface area (Å²) < 4.78 is 11.9. The van der Waals surface area contributed by atoms with Crippen molar-refractivity contribution >= 4 is 16.8 Å². The predicted molar refractivity (Wildman–Crippen MR) is 80.2 cm³/mol. The summed E-state index contributed by atoms with van der Waals surface area (Å²) >= 11 is 0. The second-order valence-electron chi connectivity index (χ2n) is 6.01. The Morgan fingerprint density at radius 1 is 1.12 bits per heavy atom. The highest BCUT2D eigenvalue weighted by Crippen LogP contribution is 2.17. The molecule has 1 unspecified atom stereocenters. The molecule has 0 rings (SSSR count). The minimum absolute atomic E-state index is 0.267. The highest BCUT2D eigenvalue weighted by Gasteiger charge is 2.31. The van der Waals surface area contributed by atoms with Gasteiger partial charge < -0.3 is 13.8 Å². The fourth-order valence-corrected chi connectivity index (χ4v) is 5.53. The van der Waals surface area contributed by atoms with Crippen LogP contribution in [0.4, 0.5) is 0 Å². The van der Waals surface area contributed by atoms with Crippen molar-refractivity contribution in [1.29, 1.82) is 0 Å². The van der Waals surface area contributed by atoms with E-state index in [9.17, 15) is 0 Å². The van der Waals surface area contributed by atoms with Gasteiger partial charge in [-0.15, -0.1) is 0 Å². The van der Waals surface area contributed by atoms with Crippen LogP contribution >= 0.6 is 0 Å². The minimum Gasteiger partial charge on any atom is -0.395 e. The van der Waals surface area contributed by atoms with Crippen LogP contribution in [0.15, 0.2) is 0 Å². The average Bonchev–Trinajstić information content (AvgIpc) is 2.10. The van der Waals surface area contributed by atoms with Gasteiger partial charge in [0.15, 0.2) is 0 Å². The third-order valence-electron chi connectivity index (χ3n) is 2.40. The van der Waals surface area contributed by atoms with Crippen molar-refractivity contribution in [3.63, 3.8) is 0 Å². The summed E-state index contributed by atoms with van der Waals surface area (Å²) in [5.41, 5.74) is 0. The third-order valence-corrected chi connectivity index (χ3v) is 6.84. The standard InChI is InChI=1S/C12H31NO2Si2/c1-8-14-17(7,15-12(2)3)11-9-10-13-16(4,5)6/h12-13H,8-11H2,1-7H3. The first-order valence-corrected chi connectivity index (χ1v) is 12.8. The molecular formula is C12H31NO2Si2. The Morgan fingerprint density at radius 2 is 1.71 bits per heavy atom. The molecule has 0 fully saturated rings. The quantitative estimate of drug-likeness (QED) is 0.518. The minimum atomic E-state index is -1.93. The van der Waals surface area contributed by atoms with Gasteiger partial charge in [-0.05, 0) is 46.3 Å². The molecule has 0 radical (unpaired) electrons. The molecule has 0 saturated carbocycles. The van der Waals surface area contributed by atoms with Gasteiger partial charge in [0.25, 0.3) is 0 Å². The molecule has 17 heavy (non-hydrogen) atoms. The summed E-state index contributed by atoms with van der Waals surface area (Å²) in [6.45, 7) is 17.3. The molecule has 0 saturated heterocycles. The van der Waals surface area contributed by atoms with Crippen LogP contribution in [0, 0.1) is 0 Å². The average molecular weight is 278 g/mol. The number of rotatable bonds is 9. The summed E-state index contributed by atoms with van der Waals surface area (Å²) in [7, 11) is -3.05. The SMILES string of the molecule is CCO[Si](C)(CCCN[Si](C)(C)C)OC(C)C. The van der Waals surface area contributed by atoms with E-state index in [0.717, 1.165) is 25.6 Å². The van der Waals surface area contributed by atoms with E-state index in [4.69, 9.17) is 8.85 Å². The van der Waals surface area contributed by atoms with E-state index >= 15 is 0 Å². The molecule has 0 aliphatic rings. The Balaban J connectivity index is 4.00. The molecule has 0 bridgehead atoms. The summed E-state index contributed by atoms with van der Waals surface area (Å²) in [4.78, 5) is 3.64. The fraction of sp³-hybridized carbons (Fsp3) is 1.00. The first kappa shape index (κ1) is 17.3. The maximum Gasteiger partial charge on any atom is 0.335 e. The van der Waals surface area contributed by atoms with Gasteiger partial charge in [-0.3, -0.25) is 0 Å². The Bertz CT molecular complexity index is 207. The van der Waals surface area contributed by atoms with E-state index < -0.39 is 16.8 Å². The molecule has 104 valence electrons. The zero-order valence-corrected chi connectivity index (χ0v) is 14.7. The van der Waals surface area contributed by atoms with Gasteiger partial charge >= 0.3 is 8.56 Å². The van der Waals surface area contributed by atoms with E-state index in [0.29, 0.717) is 0 Å². The lowest BCUT2D eigenvalue weighted by atomic mass is 10.5. The van der Waals surface area contributed by atoms with E-state index in [-0.39, 0.29) is 6.10 Å². The highest BCUT2D eigenvalue weighted by atomic mass is 28.4. The maximum absolute atomic E-state index is 6.01. The largest absolute Gasteiger partial charge is 0.395 e. The predicted octanol–water partition coefficient (Wildman–Crippen LogP) is 3.33. The van der Waals surface area contributed by atoms with Gasteiger partial charge in [0.1, 0.15) is 8.24 Å². The smallest absolute Gasteiger partial charge is 0.335 e. The van der Waals surface area contributed by atoms with E-state index in [2.05, 4.69) is 51.9 Å². The van der Waals surface area contributed by atoms with Gasteiger partial charge in [0.05, 0.1) is 0 Å². The summed E-state index contributed by atoms with van der Waals surface area (Å²) in [5.74, 6) is 0. The molecule has 0 aromatic rings. The van der Waals surface area contributed by atoms with Crippen molar-refractivity contribution in [3.05, 3.63) is 0 Å². The second kappa shape index (κ2) is 7.68. The van der Waals surface area contributed by atoms with Gasteiger partial charge in [0, 0.05) is 12.7 Å². The second-order valence-corrected chi connectivity index (χ2v) is 14.2. The maximum atomic E-state index is 6.01. The molecule has 3 nitrogen and oxygen atoms in total. The van der Waals surface area contributed by atoms with Crippen LogP contribution in [0.1, 0.15) is 27.2 Å². The Labute approximate surface area is 110 Å². The van der Waals surface area contributed by atoms with Crippen LogP contribution in [0.3, 0.4) is 0 Å². The Morgan fingerprint density at radius 3 is 2.12 bits per heavy atom. The molecule has 0 aliphatic heterocycles. The van der Waals surface area contributed by atoms with Crippen molar-refractivity contribution in [1.82, 2.24) is 4.98 Å². The lowest BCUT2D eigenvalue weighted by molar-refractivity contribution is 0.141.